The molecule has 168 valence electrons. The van der Waals surface area contributed by atoms with E-state index < -0.39 is 34.7 Å². The van der Waals surface area contributed by atoms with Crippen LogP contribution in [-0.4, -0.2) is 34.1 Å². The molecule has 2 heterocycles. The number of nitrogens with one attached hydrogen (secondary N) is 1. The van der Waals surface area contributed by atoms with Gasteiger partial charge in [-0.1, -0.05) is 12.1 Å². The van der Waals surface area contributed by atoms with Crippen molar-refractivity contribution in [3.8, 4) is 0 Å². The molecule has 2 aliphatic rings. The fraction of sp³-hybridized carbons (Fsp3) is 0.500. The van der Waals surface area contributed by atoms with Crippen molar-refractivity contribution >= 4 is 0 Å². The van der Waals surface area contributed by atoms with Crippen molar-refractivity contribution in [3.05, 3.63) is 68.0 Å². The van der Waals surface area contributed by atoms with Gasteiger partial charge in [0.2, 0.25) is 0 Å². The standard InChI is InChI=1S/C20H19F6N3O2/c21-19(22,23)13-4-2-12(3-5-13)18-8-14(18)9-28(11-18)6-1-7-29-10-15(20(24,25)26)16(30)27-17(29)31/h2-5,10,14H,1,6-9,11H2,(H,27,30,31)/t14-,18-/m1/s1. The van der Waals surface area contributed by atoms with E-state index in [1.54, 1.807) is 4.98 Å². The van der Waals surface area contributed by atoms with Gasteiger partial charge < -0.3 is 4.90 Å². The summed E-state index contributed by atoms with van der Waals surface area (Å²) in [5.41, 5.74) is -3.79. The van der Waals surface area contributed by atoms with E-state index in [0.29, 0.717) is 31.6 Å². The minimum absolute atomic E-state index is 0.00708. The Balaban J connectivity index is 1.37. The number of hydrogen-bond acceptors (Lipinski definition) is 3. The number of alkyl halides is 6. The van der Waals surface area contributed by atoms with Crippen molar-refractivity contribution in [1.82, 2.24) is 14.5 Å². The van der Waals surface area contributed by atoms with Gasteiger partial charge in [0.25, 0.3) is 5.56 Å². The maximum absolute atomic E-state index is 12.9. The van der Waals surface area contributed by atoms with Crippen molar-refractivity contribution in [1.29, 1.82) is 0 Å². The summed E-state index contributed by atoms with van der Waals surface area (Å²) in [5.74, 6) is 0.330. The Bertz CT molecular complexity index is 1090. The van der Waals surface area contributed by atoms with Gasteiger partial charge in [0.05, 0.1) is 5.56 Å². The average molecular weight is 447 g/mol. The molecule has 0 spiro atoms. The Kier molecular flexibility index (Phi) is 5.07. The monoisotopic (exact) mass is 447 g/mol. The van der Waals surface area contributed by atoms with Gasteiger partial charge in [-0.15, -0.1) is 0 Å². The van der Waals surface area contributed by atoms with Gasteiger partial charge in [0.15, 0.2) is 0 Å². The lowest BCUT2D eigenvalue weighted by Gasteiger charge is -2.21. The van der Waals surface area contributed by atoms with Crippen molar-refractivity contribution in [2.24, 2.45) is 5.92 Å². The highest BCUT2D eigenvalue weighted by atomic mass is 19.4. The molecule has 1 aromatic carbocycles. The van der Waals surface area contributed by atoms with Gasteiger partial charge in [0.1, 0.15) is 5.56 Å². The van der Waals surface area contributed by atoms with Crippen LogP contribution in [0.25, 0.3) is 0 Å². The zero-order chi connectivity index (χ0) is 22.6. The lowest BCUT2D eigenvalue weighted by atomic mass is 9.94. The lowest BCUT2D eigenvalue weighted by Crippen LogP contribution is -2.35. The van der Waals surface area contributed by atoms with Gasteiger partial charge in [-0.25, -0.2) is 4.79 Å². The molecule has 2 fully saturated rings. The van der Waals surface area contributed by atoms with Gasteiger partial charge in [-0.05, 0) is 43.0 Å². The smallest absolute Gasteiger partial charge is 0.302 e. The van der Waals surface area contributed by atoms with E-state index in [9.17, 15) is 35.9 Å². The molecule has 0 radical (unpaired) electrons. The highest BCUT2D eigenvalue weighted by molar-refractivity contribution is 5.39. The second-order valence-electron chi connectivity index (χ2n) is 8.21. The van der Waals surface area contributed by atoms with Crippen LogP contribution < -0.4 is 11.2 Å². The van der Waals surface area contributed by atoms with Gasteiger partial charge in [-0.2, -0.15) is 26.3 Å². The molecule has 1 saturated carbocycles. The van der Waals surface area contributed by atoms with Crippen molar-refractivity contribution < 1.29 is 26.3 Å². The number of aromatic amines is 1. The molecule has 1 aliphatic carbocycles. The van der Waals surface area contributed by atoms with Crippen molar-refractivity contribution in [2.45, 2.75) is 37.2 Å². The molecule has 0 unspecified atom stereocenters. The largest absolute Gasteiger partial charge is 0.423 e. The summed E-state index contributed by atoms with van der Waals surface area (Å²) in [6, 6.07) is 5.21. The molecule has 2 aromatic rings. The normalized spacial score (nSPS) is 23.7. The third-order valence-electron chi connectivity index (χ3n) is 6.19. The number of halogens is 6. The fourth-order valence-electron chi connectivity index (χ4n) is 4.54. The van der Waals surface area contributed by atoms with Gasteiger partial charge in [-0.3, -0.25) is 14.3 Å². The number of nitrogens with zero attached hydrogens (tertiary/aromatic N) is 2. The third kappa shape index (κ3) is 4.15. The minimum Gasteiger partial charge on any atom is -0.302 e. The van der Waals surface area contributed by atoms with Crippen LogP contribution in [0.3, 0.4) is 0 Å². The topological polar surface area (TPSA) is 58.1 Å². The van der Waals surface area contributed by atoms with Crippen molar-refractivity contribution in [2.75, 3.05) is 19.6 Å². The Morgan fingerprint density at radius 1 is 1.00 bits per heavy atom. The number of H-pyrrole nitrogens is 1. The zero-order valence-corrected chi connectivity index (χ0v) is 16.2. The predicted octanol–water partition coefficient (Wildman–Crippen LogP) is 3.24. The number of aromatic nitrogens is 2. The second kappa shape index (κ2) is 7.25. The average Bonchev–Trinajstić information content (AvgIpc) is 3.24. The van der Waals surface area contributed by atoms with Crippen LogP contribution in [0.4, 0.5) is 26.3 Å². The Labute approximate surface area is 172 Å². The third-order valence-corrected chi connectivity index (χ3v) is 6.19. The Morgan fingerprint density at radius 2 is 1.68 bits per heavy atom. The minimum atomic E-state index is -4.85. The highest BCUT2D eigenvalue weighted by Gasteiger charge is 2.60. The molecule has 2 atom stereocenters. The van der Waals surface area contributed by atoms with E-state index in [-0.39, 0.29) is 12.0 Å². The molecule has 1 aromatic heterocycles. The lowest BCUT2D eigenvalue weighted by molar-refractivity contribution is -0.139. The molecule has 0 amide bonds. The molecular formula is C20H19F6N3O2. The van der Waals surface area contributed by atoms with E-state index in [4.69, 9.17) is 0 Å². The Hall–Kier alpha value is -2.56. The summed E-state index contributed by atoms with van der Waals surface area (Å²) in [6.45, 7) is 1.92. The summed E-state index contributed by atoms with van der Waals surface area (Å²) < 4.78 is 77.7. The first kappa shape index (κ1) is 21.7. The molecule has 11 heteroatoms. The number of rotatable bonds is 5. The summed E-state index contributed by atoms with van der Waals surface area (Å²) in [5, 5.41) is 0. The van der Waals surface area contributed by atoms with E-state index in [0.717, 1.165) is 35.2 Å². The second-order valence-corrected chi connectivity index (χ2v) is 8.21. The number of piperidine rings is 1. The predicted molar refractivity (Wildman–Crippen MR) is 98.6 cm³/mol. The highest BCUT2D eigenvalue weighted by Crippen LogP contribution is 2.59. The maximum Gasteiger partial charge on any atom is 0.423 e. The molecule has 4 rings (SSSR count). The van der Waals surface area contributed by atoms with Gasteiger partial charge in [0, 0.05) is 31.2 Å². The summed E-state index contributed by atoms with van der Waals surface area (Å²) in [4.78, 5) is 26.9. The fourth-order valence-corrected chi connectivity index (χ4v) is 4.54. The molecule has 5 nitrogen and oxygen atoms in total. The number of aryl methyl sites for hydroxylation is 1. The number of benzene rings is 1. The van der Waals surface area contributed by atoms with E-state index in [1.807, 2.05) is 0 Å². The molecule has 1 N–H and O–H groups in total. The van der Waals surface area contributed by atoms with Crippen molar-refractivity contribution in [3.63, 3.8) is 0 Å². The summed E-state index contributed by atoms with van der Waals surface area (Å²) >= 11 is 0. The molecular weight excluding hydrogens is 428 g/mol. The van der Waals surface area contributed by atoms with Crippen LogP contribution in [-0.2, 0) is 24.3 Å². The first-order valence-electron chi connectivity index (χ1n) is 9.71. The summed E-state index contributed by atoms with van der Waals surface area (Å²) in [7, 11) is 0. The van der Waals surface area contributed by atoms with E-state index in [1.165, 1.54) is 12.1 Å². The van der Waals surface area contributed by atoms with Crippen LogP contribution in [0.15, 0.2) is 40.1 Å². The van der Waals surface area contributed by atoms with Crippen LogP contribution in [0.1, 0.15) is 29.5 Å². The number of likely N-dealkylation sites (tertiary alicyclic amines) is 1. The van der Waals surface area contributed by atoms with Crippen LogP contribution >= 0.6 is 0 Å². The number of hydrogen-bond donors (Lipinski definition) is 1. The molecule has 1 saturated heterocycles. The van der Waals surface area contributed by atoms with Crippen LogP contribution in [0.2, 0.25) is 0 Å². The first-order chi connectivity index (χ1) is 14.4. The van der Waals surface area contributed by atoms with Crippen LogP contribution in [0, 0.1) is 5.92 Å². The van der Waals surface area contributed by atoms with Gasteiger partial charge >= 0.3 is 18.0 Å². The molecule has 31 heavy (non-hydrogen) atoms. The zero-order valence-electron chi connectivity index (χ0n) is 16.2. The van der Waals surface area contributed by atoms with Crippen LogP contribution in [0.5, 0.6) is 0 Å². The quantitative estimate of drug-likeness (QED) is 0.717. The first-order valence-corrected chi connectivity index (χ1v) is 9.71. The van der Waals surface area contributed by atoms with E-state index in [2.05, 4.69) is 4.90 Å². The summed E-state index contributed by atoms with van der Waals surface area (Å²) in [6.07, 6.45) is -7.42. The molecule has 1 aliphatic heterocycles. The van der Waals surface area contributed by atoms with E-state index >= 15 is 0 Å². The number of fused-ring (bicyclic) bond motifs is 1. The SMILES string of the molecule is O=c1[nH]c(=O)n(CCCN2C[C@H]3C[C@]3(c3ccc(C(F)(F)F)cc3)C2)cc1C(F)(F)F. The molecule has 0 bridgehead atoms. The maximum atomic E-state index is 12.9. The Morgan fingerprint density at radius 3 is 2.29 bits per heavy atom.